The largest absolute Gasteiger partial charge is 0.461 e. The second-order valence-electron chi connectivity index (χ2n) is 4.12. The lowest BCUT2D eigenvalue weighted by atomic mass is 10.1. The number of ether oxygens (including phenoxy) is 1. The number of hydrogen-bond donors (Lipinski definition) is 0. The summed E-state index contributed by atoms with van der Waals surface area (Å²) in [7, 11) is 0. The van der Waals surface area contributed by atoms with Crippen LogP contribution in [-0.2, 0) is 16.1 Å². The maximum absolute atomic E-state index is 11.5. The number of esters is 1. The fraction of sp³-hybridized carbons (Fsp3) is 0.385. The van der Waals surface area contributed by atoms with Crippen LogP contribution < -0.4 is 0 Å². The quantitative estimate of drug-likeness (QED) is 0.469. The summed E-state index contributed by atoms with van der Waals surface area (Å²) in [5, 5.41) is 0.441. The van der Waals surface area contributed by atoms with Gasteiger partial charge in [0.15, 0.2) is 0 Å². The summed E-state index contributed by atoms with van der Waals surface area (Å²) in [4.78, 5) is 15.5. The average Bonchev–Trinajstić information content (AvgIpc) is 2.81. The zero-order valence-electron chi connectivity index (χ0n) is 9.43. The van der Waals surface area contributed by atoms with Gasteiger partial charge in [0, 0.05) is 11.8 Å². The van der Waals surface area contributed by atoms with Crippen LogP contribution in [0.3, 0.4) is 0 Å². The van der Waals surface area contributed by atoms with E-state index in [0.29, 0.717) is 17.5 Å². The Labute approximate surface area is 105 Å². The van der Waals surface area contributed by atoms with E-state index in [-0.39, 0.29) is 12.6 Å². The van der Waals surface area contributed by atoms with Crippen LogP contribution >= 0.6 is 11.6 Å². The molecule has 4 heteroatoms. The summed E-state index contributed by atoms with van der Waals surface area (Å²) in [5.74, 6) is 0.197. The Hall–Kier alpha value is -1.35. The molecule has 1 unspecified atom stereocenters. The third-order valence-electron chi connectivity index (χ3n) is 2.73. The van der Waals surface area contributed by atoms with Gasteiger partial charge in [0.05, 0.1) is 6.42 Å². The topological polar surface area (TPSA) is 39.2 Å². The number of hydrogen-bond acceptors (Lipinski definition) is 3. The fourth-order valence-corrected chi connectivity index (χ4v) is 1.91. The van der Waals surface area contributed by atoms with Crippen molar-refractivity contribution in [2.75, 3.05) is 0 Å². The molecule has 2 rings (SSSR count). The lowest BCUT2D eigenvalue weighted by Crippen LogP contribution is -2.09. The summed E-state index contributed by atoms with van der Waals surface area (Å²) in [6.45, 7) is 0.263. The molecule has 1 atom stereocenters. The van der Waals surface area contributed by atoms with Crippen LogP contribution in [0.2, 0.25) is 5.15 Å². The summed E-state index contributed by atoms with van der Waals surface area (Å²) in [6.07, 6.45) is 8.41. The number of halogens is 1. The second-order valence-corrected chi connectivity index (χ2v) is 4.51. The van der Waals surface area contributed by atoms with Crippen LogP contribution in [0.25, 0.3) is 0 Å². The third-order valence-corrected chi connectivity index (χ3v) is 2.95. The zero-order valence-corrected chi connectivity index (χ0v) is 10.2. The Bertz CT molecular complexity index is 414. The Morgan fingerprint density at radius 3 is 3.06 bits per heavy atom. The molecule has 3 nitrogen and oxygen atoms in total. The van der Waals surface area contributed by atoms with E-state index in [2.05, 4.69) is 17.1 Å². The van der Waals surface area contributed by atoms with Crippen LogP contribution in [0.5, 0.6) is 0 Å². The monoisotopic (exact) mass is 251 g/mol. The Kier molecular flexibility index (Phi) is 4.15. The molecule has 0 aliphatic heterocycles. The van der Waals surface area contributed by atoms with Gasteiger partial charge in [-0.3, -0.25) is 4.79 Å². The number of allylic oxidation sites excluding steroid dienone is 2. The van der Waals surface area contributed by atoms with Crippen LogP contribution in [0.1, 0.15) is 24.8 Å². The van der Waals surface area contributed by atoms with Crippen LogP contribution in [0, 0.1) is 5.92 Å². The maximum atomic E-state index is 11.5. The van der Waals surface area contributed by atoms with Crippen LogP contribution in [-0.4, -0.2) is 11.0 Å². The highest BCUT2D eigenvalue weighted by Gasteiger charge is 2.14. The molecule has 0 aromatic carbocycles. The molecule has 0 radical (unpaired) electrons. The number of aromatic nitrogens is 1. The van der Waals surface area contributed by atoms with E-state index in [1.165, 1.54) is 0 Å². The molecule has 0 fully saturated rings. The van der Waals surface area contributed by atoms with Crippen LogP contribution in [0.15, 0.2) is 30.5 Å². The Morgan fingerprint density at radius 2 is 2.41 bits per heavy atom. The van der Waals surface area contributed by atoms with Crippen molar-refractivity contribution in [3.63, 3.8) is 0 Å². The molecular weight excluding hydrogens is 238 g/mol. The van der Waals surface area contributed by atoms with E-state index >= 15 is 0 Å². The molecular formula is C13H14ClNO2. The number of nitrogens with zero attached hydrogens (tertiary/aromatic N) is 1. The minimum absolute atomic E-state index is 0.156. The number of pyridine rings is 1. The van der Waals surface area contributed by atoms with Crippen molar-refractivity contribution in [2.45, 2.75) is 25.9 Å². The SMILES string of the molecule is O=C(CC1C=CCC1)OCc1ccc(Cl)nc1. The van der Waals surface area contributed by atoms with Crippen LogP contribution in [0.4, 0.5) is 0 Å². The first-order chi connectivity index (χ1) is 8.24. The molecule has 0 spiro atoms. The van der Waals surface area contributed by atoms with E-state index in [9.17, 15) is 4.79 Å². The zero-order chi connectivity index (χ0) is 12.1. The molecule has 0 N–H and O–H groups in total. The summed E-state index contributed by atoms with van der Waals surface area (Å²) < 4.78 is 5.17. The Balaban J connectivity index is 1.75. The molecule has 90 valence electrons. The van der Waals surface area contributed by atoms with Gasteiger partial charge in [-0.15, -0.1) is 0 Å². The normalized spacial score (nSPS) is 18.3. The number of carbonyl (C=O) groups is 1. The van der Waals surface area contributed by atoms with Gasteiger partial charge in [-0.1, -0.05) is 29.8 Å². The average molecular weight is 252 g/mol. The van der Waals surface area contributed by atoms with Gasteiger partial charge in [-0.2, -0.15) is 0 Å². The van der Waals surface area contributed by atoms with Crippen molar-refractivity contribution in [1.82, 2.24) is 4.98 Å². The summed E-state index contributed by atoms with van der Waals surface area (Å²) in [5.41, 5.74) is 0.852. The smallest absolute Gasteiger partial charge is 0.306 e. The summed E-state index contributed by atoms with van der Waals surface area (Å²) >= 11 is 5.66. The van der Waals surface area contributed by atoms with E-state index in [1.807, 2.05) is 0 Å². The number of rotatable bonds is 4. The first-order valence-corrected chi connectivity index (χ1v) is 6.04. The first kappa shape index (κ1) is 12.1. The van der Waals surface area contributed by atoms with Gasteiger partial charge in [0.25, 0.3) is 0 Å². The molecule has 0 saturated heterocycles. The molecule has 0 saturated carbocycles. The lowest BCUT2D eigenvalue weighted by Gasteiger charge is -2.08. The molecule has 0 bridgehead atoms. The van der Waals surface area contributed by atoms with Gasteiger partial charge in [-0.25, -0.2) is 4.98 Å². The third kappa shape index (κ3) is 3.86. The van der Waals surface area contributed by atoms with Gasteiger partial charge in [0.1, 0.15) is 11.8 Å². The van der Waals surface area contributed by atoms with Crippen molar-refractivity contribution < 1.29 is 9.53 Å². The number of carbonyl (C=O) groups excluding carboxylic acids is 1. The van der Waals surface area contributed by atoms with Gasteiger partial charge in [0.2, 0.25) is 0 Å². The minimum Gasteiger partial charge on any atom is -0.461 e. The molecule has 1 aliphatic carbocycles. The van der Waals surface area contributed by atoms with E-state index in [1.54, 1.807) is 18.3 Å². The van der Waals surface area contributed by atoms with Crippen molar-refractivity contribution >= 4 is 17.6 Å². The summed E-state index contributed by atoms with van der Waals surface area (Å²) in [6, 6.07) is 3.49. The molecule has 1 aromatic rings. The highest BCUT2D eigenvalue weighted by Crippen LogP contribution is 2.20. The van der Waals surface area contributed by atoms with Crippen molar-refractivity contribution in [3.05, 3.63) is 41.2 Å². The molecule has 1 aliphatic rings. The molecule has 1 heterocycles. The minimum atomic E-state index is -0.156. The predicted octanol–water partition coefficient (Wildman–Crippen LogP) is 3.13. The van der Waals surface area contributed by atoms with Gasteiger partial charge < -0.3 is 4.74 Å². The van der Waals surface area contributed by atoms with E-state index in [4.69, 9.17) is 16.3 Å². The Morgan fingerprint density at radius 1 is 1.53 bits per heavy atom. The predicted molar refractivity (Wildman–Crippen MR) is 65.5 cm³/mol. The van der Waals surface area contributed by atoms with Crippen molar-refractivity contribution in [3.8, 4) is 0 Å². The standard InChI is InChI=1S/C13H14ClNO2/c14-12-6-5-11(8-15-12)9-17-13(16)7-10-3-1-2-4-10/h1,3,5-6,8,10H,2,4,7,9H2. The maximum Gasteiger partial charge on any atom is 0.306 e. The highest BCUT2D eigenvalue weighted by atomic mass is 35.5. The van der Waals surface area contributed by atoms with Gasteiger partial charge in [-0.05, 0) is 24.8 Å². The van der Waals surface area contributed by atoms with E-state index in [0.717, 1.165) is 18.4 Å². The highest BCUT2D eigenvalue weighted by molar-refractivity contribution is 6.29. The second kappa shape index (κ2) is 5.82. The first-order valence-electron chi connectivity index (χ1n) is 5.67. The lowest BCUT2D eigenvalue weighted by molar-refractivity contribution is -0.145. The fourth-order valence-electron chi connectivity index (χ4n) is 1.79. The van der Waals surface area contributed by atoms with Crippen molar-refractivity contribution in [2.24, 2.45) is 5.92 Å². The van der Waals surface area contributed by atoms with Crippen molar-refractivity contribution in [1.29, 1.82) is 0 Å². The molecule has 1 aromatic heterocycles. The van der Waals surface area contributed by atoms with E-state index < -0.39 is 0 Å². The molecule has 17 heavy (non-hydrogen) atoms. The van der Waals surface area contributed by atoms with Gasteiger partial charge >= 0.3 is 5.97 Å². The molecule has 0 amide bonds.